The van der Waals surface area contributed by atoms with Crippen LogP contribution in [-0.2, 0) is 60.8 Å². The first-order chi connectivity index (χ1) is 42.3. The number of amides is 9. The molecule has 0 aromatic heterocycles. The monoisotopic (exact) mass is 1250 g/mol. The highest BCUT2D eigenvalue weighted by molar-refractivity contribution is 5.98. The van der Waals surface area contributed by atoms with Crippen LogP contribution in [0.5, 0.6) is 0 Å². The average molecular weight is 1250 g/mol. The third-order valence-electron chi connectivity index (χ3n) is 15.0. The number of likely N-dealkylation sites (tertiary alicyclic amines) is 2. The summed E-state index contributed by atoms with van der Waals surface area (Å²) < 4.78 is 0. The number of aliphatic hydroxyl groups excluding tert-OH is 2. The molecule has 0 saturated carbocycles. The van der Waals surface area contributed by atoms with Crippen molar-refractivity contribution in [3.05, 3.63) is 71.8 Å². The van der Waals surface area contributed by atoms with Crippen molar-refractivity contribution in [2.45, 2.75) is 151 Å². The molecule has 0 bridgehead atoms. The second-order valence-electron chi connectivity index (χ2n) is 21.9. The number of carbonyl (C=O) groups is 10. The van der Waals surface area contributed by atoms with E-state index in [1.807, 2.05) is 0 Å². The lowest BCUT2D eigenvalue weighted by Crippen LogP contribution is -2.61. The Morgan fingerprint density at radius 1 is 0.607 bits per heavy atom. The normalized spacial score (nSPS) is 17.9. The standard InChI is InChI=1S/C57H89N19O13/c1-3-32(2)45(51(85)71-38(54(88)89)20-12-24-67-57(63)64)74-48(82)40(27-34-16-8-5-9-17-34)72-49(83)41(31-77)73-47(81)39(26-33-14-6-4-7-15-33)69-44(79)29-68-50(84)43-28-35(78)30-76(43)53(87)42-21-13-25-75(42)52(86)37(19-11-23-66-56(61)62)70-46(80)36(58)18-10-22-65-55(59)60/h4-9,14-17,32,35-43,45,77-78H,3,10-13,18-31,58H2,1-2H3,(H,68,84)(H,69,79)(H,70,80)(H,71,85)(H,72,83)(H,73,81)(H,74,82)(H,88,89)(H4,59,60,65)(H4,61,62,66)(H4,63,64,67)/t32-,35?,36+,37-,38-,39-,40+,41-,42-,43-,45-/m0/s1. The molecule has 0 aliphatic carbocycles. The highest BCUT2D eigenvalue weighted by Gasteiger charge is 2.46. The second kappa shape index (κ2) is 36.9. The Hall–Kier alpha value is -9.17. The maximum atomic E-state index is 14.4. The number of β-amino-alcohol motifs (C(OH)–C–C–N with tert-alkyl or cyclic N) is 1. The van der Waals surface area contributed by atoms with E-state index in [-0.39, 0.29) is 108 Å². The zero-order chi connectivity index (χ0) is 65.7. The molecule has 2 aromatic carbocycles. The molecular formula is C57H89N19O13. The van der Waals surface area contributed by atoms with E-state index in [4.69, 9.17) is 40.1 Å². The van der Waals surface area contributed by atoms with Crippen molar-refractivity contribution >= 4 is 77.0 Å². The first-order valence-electron chi connectivity index (χ1n) is 29.5. The molecule has 89 heavy (non-hydrogen) atoms. The van der Waals surface area contributed by atoms with Gasteiger partial charge in [-0.15, -0.1) is 0 Å². The van der Waals surface area contributed by atoms with E-state index in [1.54, 1.807) is 74.5 Å². The van der Waals surface area contributed by atoms with Crippen molar-refractivity contribution in [3.63, 3.8) is 0 Å². The van der Waals surface area contributed by atoms with Gasteiger partial charge in [-0.2, -0.15) is 0 Å². The molecule has 32 heteroatoms. The fourth-order valence-corrected chi connectivity index (χ4v) is 10.0. The van der Waals surface area contributed by atoms with Gasteiger partial charge < -0.3 is 102 Å². The van der Waals surface area contributed by atoms with Gasteiger partial charge in [0.15, 0.2) is 17.9 Å². The fourth-order valence-electron chi connectivity index (χ4n) is 10.0. The molecule has 4 rings (SSSR count). The van der Waals surface area contributed by atoms with Gasteiger partial charge in [-0.1, -0.05) is 80.9 Å². The van der Waals surface area contributed by atoms with Gasteiger partial charge in [0.1, 0.15) is 48.3 Å². The highest BCUT2D eigenvalue weighted by Crippen LogP contribution is 2.27. The summed E-state index contributed by atoms with van der Waals surface area (Å²) in [4.78, 5) is 152. The zero-order valence-corrected chi connectivity index (χ0v) is 50.3. The summed E-state index contributed by atoms with van der Waals surface area (Å²) in [5, 5.41) is 49.2. The lowest BCUT2D eigenvalue weighted by Gasteiger charge is -2.33. The minimum atomic E-state index is -1.73. The number of aliphatic imine (C=N–C) groups is 3. The molecule has 2 aliphatic heterocycles. The Kier molecular flexibility index (Phi) is 29.9. The quantitative estimate of drug-likeness (QED) is 0.0172. The third kappa shape index (κ3) is 24.1. The van der Waals surface area contributed by atoms with Crippen LogP contribution in [0, 0.1) is 5.92 Å². The molecule has 32 nitrogen and oxygen atoms in total. The number of guanidine groups is 3. The van der Waals surface area contributed by atoms with E-state index in [0.29, 0.717) is 30.4 Å². The molecule has 9 amide bonds. The average Bonchev–Trinajstić information content (AvgIpc) is 2.00. The molecule has 2 aliphatic rings. The number of carboxylic acid groups (broad SMARTS) is 1. The van der Waals surface area contributed by atoms with Crippen LogP contribution < -0.4 is 77.4 Å². The molecule has 2 saturated heterocycles. The van der Waals surface area contributed by atoms with Crippen molar-refractivity contribution in [1.29, 1.82) is 0 Å². The van der Waals surface area contributed by atoms with E-state index >= 15 is 0 Å². The van der Waals surface area contributed by atoms with Crippen LogP contribution in [0.25, 0.3) is 0 Å². The molecule has 2 fully saturated rings. The van der Waals surface area contributed by atoms with Crippen LogP contribution in [0.2, 0.25) is 0 Å². The Morgan fingerprint density at radius 2 is 1.09 bits per heavy atom. The molecule has 0 spiro atoms. The topological polar surface area (TPSA) is 541 Å². The predicted molar refractivity (Wildman–Crippen MR) is 328 cm³/mol. The summed E-state index contributed by atoms with van der Waals surface area (Å²) >= 11 is 0. The third-order valence-corrected chi connectivity index (χ3v) is 15.0. The van der Waals surface area contributed by atoms with Crippen molar-refractivity contribution in [1.82, 2.24) is 47.0 Å². The van der Waals surface area contributed by atoms with Gasteiger partial charge in [-0.05, 0) is 68.4 Å². The number of hydrogen-bond donors (Lipinski definition) is 17. The number of carbonyl (C=O) groups excluding carboxylic acids is 9. The van der Waals surface area contributed by atoms with Crippen molar-refractivity contribution in [2.75, 3.05) is 45.9 Å². The van der Waals surface area contributed by atoms with Crippen LogP contribution >= 0.6 is 0 Å². The number of hydrogen-bond acceptors (Lipinski definition) is 16. The number of nitrogens with one attached hydrogen (secondary N) is 7. The number of rotatable bonds is 36. The first-order valence-corrected chi connectivity index (χ1v) is 29.5. The van der Waals surface area contributed by atoms with Crippen molar-refractivity contribution in [2.24, 2.45) is 61.0 Å². The Balaban J connectivity index is 1.47. The van der Waals surface area contributed by atoms with Crippen molar-refractivity contribution in [3.8, 4) is 0 Å². The SMILES string of the molecule is CC[C@H](C)[C@H](NC(=O)[C@@H](Cc1ccccc1)NC(=O)[C@H](CO)NC(=O)[C@H](Cc1ccccc1)NC(=O)CNC(=O)[C@@H]1CC(O)CN1C(=O)[C@@H]1CCCN1C(=O)[C@H](CCCN=C(N)N)NC(=O)[C@H](N)CCCN=C(N)N)C(=O)N[C@@H](CCCN=C(N)N)C(=O)O. The van der Waals surface area contributed by atoms with E-state index in [0.717, 1.165) is 4.90 Å². The summed E-state index contributed by atoms with van der Waals surface area (Å²) in [5.41, 5.74) is 39.8. The molecule has 24 N–H and O–H groups in total. The molecule has 2 heterocycles. The van der Waals surface area contributed by atoms with Gasteiger partial charge in [0, 0.05) is 52.0 Å². The van der Waals surface area contributed by atoms with Gasteiger partial charge in [-0.3, -0.25) is 58.1 Å². The summed E-state index contributed by atoms with van der Waals surface area (Å²) in [6, 6.07) is 5.01. The molecule has 2 aromatic rings. The largest absolute Gasteiger partial charge is 0.480 e. The molecule has 1 unspecified atom stereocenters. The van der Waals surface area contributed by atoms with E-state index in [9.17, 15) is 63.3 Å². The van der Waals surface area contributed by atoms with Crippen LogP contribution in [0.1, 0.15) is 89.2 Å². The molecule has 0 radical (unpaired) electrons. The number of aliphatic hydroxyl groups is 2. The highest BCUT2D eigenvalue weighted by atomic mass is 16.4. The summed E-state index contributed by atoms with van der Waals surface area (Å²) in [6.07, 6.45) is 0.241. The minimum Gasteiger partial charge on any atom is -0.480 e. The summed E-state index contributed by atoms with van der Waals surface area (Å²) in [6.45, 7) is 1.95. The van der Waals surface area contributed by atoms with E-state index < -0.39 is 139 Å². The van der Waals surface area contributed by atoms with Crippen LogP contribution in [0.3, 0.4) is 0 Å². The number of benzene rings is 2. The van der Waals surface area contributed by atoms with Gasteiger partial charge in [0.2, 0.25) is 53.2 Å². The van der Waals surface area contributed by atoms with Gasteiger partial charge in [0.25, 0.3) is 0 Å². The van der Waals surface area contributed by atoms with Crippen LogP contribution in [-0.4, -0.2) is 208 Å². The molecule has 11 atom stereocenters. The minimum absolute atomic E-state index is 0.0450. The number of aliphatic carboxylic acids is 1. The number of nitrogens with two attached hydrogens (primary N) is 7. The van der Waals surface area contributed by atoms with E-state index in [2.05, 4.69) is 52.2 Å². The van der Waals surface area contributed by atoms with Gasteiger partial charge in [-0.25, -0.2) is 4.79 Å². The maximum absolute atomic E-state index is 14.4. The predicted octanol–water partition coefficient (Wildman–Crippen LogP) is -5.94. The Morgan fingerprint density at radius 3 is 1.62 bits per heavy atom. The molecule has 490 valence electrons. The summed E-state index contributed by atoms with van der Waals surface area (Å²) in [7, 11) is 0. The van der Waals surface area contributed by atoms with Crippen LogP contribution in [0.15, 0.2) is 75.6 Å². The number of nitrogens with zero attached hydrogens (tertiary/aromatic N) is 5. The van der Waals surface area contributed by atoms with E-state index in [1.165, 1.54) is 4.90 Å². The van der Waals surface area contributed by atoms with Gasteiger partial charge in [0.05, 0.1) is 25.3 Å². The fraction of sp³-hybridized carbons (Fsp3) is 0.561. The van der Waals surface area contributed by atoms with Gasteiger partial charge >= 0.3 is 5.97 Å². The Labute approximate surface area is 515 Å². The first kappa shape index (κ1) is 72.3. The lowest BCUT2D eigenvalue weighted by atomic mass is 9.96. The second-order valence-corrected chi connectivity index (χ2v) is 21.9. The lowest BCUT2D eigenvalue weighted by molar-refractivity contribution is -0.148. The molecular weight excluding hydrogens is 1160 g/mol. The van der Waals surface area contributed by atoms with Crippen molar-refractivity contribution < 1.29 is 63.3 Å². The maximum Gasteiger partial charge on any atom is 0.326 e. The zero-order valence-electron chi connectivity index (χ0n) is 50.3. The summed E-state index contributed by atoms with van der Waals surface area (Å²) in [5.74, 6) is -9.67. The smallest absolute Gasteiger partial charge is 0.326 e. The number of carboxylic acids is 1. The van der Waals surface area contributed by atoms with Crippen LogP contribution in [0.4, 0.5) is 0 Å². The Bertz CT molecular complexity index is 2800.